The van der Waals surface area contributed by atoms with Crippen LogP contribution in [-0.4, -0.2) is 35.8 Å². The molecule has 0 aliphatic carbocycles. The van der Waals surface area contributed by atoms with Gasteiger partial charge in [-0.05, 0) is 55.0 Å². The first-order valence-electron chi connectivity index (χ1n) is 11.8. The Morgan fingerprint density at radius 2 is 1.78 bits per heavy atom. The van der Waals surface area contributed by atoms with Gasteiger partial charge in [-0.1, -0.05) is 25.1 Å². The first-order chi connectivity index (χ1) is 17.1. The number of para-hydroxylation sites is 1. The zero-order valence-corrected chi connectivity index (χ0v) is 19.9. The Bertz CT molecular complexity index is 1100. The Kier molecular flexibility index (Phi) is 9.06. The molecule has 1 aliphatic rings. The lowest BCUT2D eigenvalue weighted by atomic mass is 9.93. The number of aryl methyl sites for hydroxylation is 1. The molecule has 1 saturated heterocycles. The predicted octanol–water partition coefficient (Wildman–Crippen LogP) is 5.36. The van der Waals surface area contributed by atoms with Gasteiger partial charge in [0.25, 0.3) is 0 Å². The molecular formula is C26H28F4N2O4. The molecule has 0 radical (unpaired) electrons. The summed E-state index contributed by atoms with van der Waals surface area (Å²) in [5, 5.41) is 2.45. The van der Waals surface area contributed by atoms with E-state index < -0.39 is 29.4 Å². The van der Waals surface area contributed by atoms with Crippen LogP contribution in [0, 0.1) is 11.7 Å². The summed E-state index contributed by atoms with van der Waals surface area (Å²) in [5.41, 5.74) is -0.623. The molecule has 2 aromatic rings. The number of hydrogen-bond donors (Lipinski definition) is 1. The van der Waals surface area contributed by atoms with Gasteiger partial charge in [0.1, 0.15) is 11.4 Å². The molecule has 2 amide bonds. The monoisotopic (exact) mass is 508 g/mol. The van der Waals surface area contributed by atoms with Gasteiger partial charge in [-0.15, -0.1) is 0 Å². The highest BCUT2D eigenvalue weighted by Gasteiger charge is 2.36. The second-order valence-electron chi connectivity index (χ2n) is 8.71. The fraction of sp³-hybridized carbons (Fsp3) is 0.423. The van der Waals surface area contributed by atoms with E-state index in [1.54, 1.807) is 17.0 Å². The molecule has 0 saturated carbocycles. The molecule has 194 valence electrons. The molecule has 3 rings (SSSR count). The van der Waals surface area contributed by atoms with E-state index in [1.165, 1.54) is 25.1 Å². The van der Waals surface area contributed by atoms with Gasteiger partial charge < -0.3 is 15.0 Å². The van der Waals surface area contributed by atoms with Gasteiger partial charge in [-0.2, -0.15) is 13.2 Å². The maximum atomic E-state index is 13.4. The lowest BCUT2D eigenvalue weighted by Gasteiger charge is -2.32. The maximum Gasteiger partial charge on any atom is 0.420 e. The predicted molar refractivity (Wildman–Crippen MR) is 125 cm³/mol. The largest absolute Gasteiger partial charge is 0.424 e. The molecule has 0 spiro atoms. The molecule has 0 aromatic heterocycles. The summed E-state index contributed by atoms with van der Waals surface area (Å²) in [7, 11) is 0. The number of anilines is 1. The van der Waals surface area contributed by atoms with Crippen molar-refractivity contribution in [2.45, 2.75) is 51.6 Å². The number of nitrogens with zero attached hydrogens (tertiary/aromatic N) is 1. The number of esters is 1. The minimum absolute atomic E-state index is 0.0477. The molecule has 36 heavy (non-hydrogen) atoms. The molecule has 0 bridgehead atoms. The number of rotatable bonds is 8. The van der Waals surface area contributed by atoms with E-state index in [9.17, 15) is 31.9 Å². The Balaban J connectivity index is 1.54. The van der Waals surface area contributed by atoms with Gasteiger partial charge in [-0.3, -0.25) is 14.4 Å². The summed E-state index contributed by atoms with van der Waals surface area (Å²) in [6.45, 7) is 2.38. The number of piperidine rings is 1. The highest BCUT2D eigenvalue weighted by atomic mass is 19.4. The third-order valence-electron chi connectivity index (χ3n) is 6.06. The van der Waals surface area contributed by atoms with Crippen molar-refractivity contribution in [3.05, 3.63) is 59.4 Å². The van der Waals surface area contributed by atoms with Gasteiger partial charge in [0.05, 0.1) is 5.69 Å². The quantitative estimate of drug-likeness (QED) is 0.296. The van der Waals surface area contributed by atoms with Gasteiger partial charge in [0, 0.05) is 32.4 Å². The normalized spacial score (nSPS) is 14.4. The Morgan fingerprint density at radius 3 is 2.42 bits per heavy atom. The number of carbonyl (C=O) groups is 3. The van der Waals surface area contributed by atoms with Crippen molar-refractivity contribution in [3.63, 3.8) is 0 Å². The molecule has 1 N–H and O–H groups in total. The molecule has 1 heterocycles. The van der Waals surface area contributed by atoms with Crippen LogP contribution in [-0.2, 0) is 27.0 Å². The highest BCUT2D eigenvalue weighted by molar-refractivity contribution is 5.93. The fourth-order valence-corrected chi connectivity index (χ4v) is 4.11. The van der Waals surface area contributed by atoms with E-state index in [-0.39, 0.29) is 42.6 Å². The van der Waals surface area contributed by atoms with E-state index in [0.717, 1.165) is 17.7 Å². The van der Waals surface area contributed by atoms with E-state index in [1.807, 2.05) is 0 Å². The molecule has 1 fully saturated rings. The number of amides is 2. The van der Waals surface area contributed by atoms with Gasteiger partial charge in [0.15, 0.2) is 5.75 Å². The lowest BCUT2D eigenvalue weighted by molar-refractivity contribution is -0.142. The number of hydrogen-bond acceptors (Lipinski definition) is 4. The number of ether oxygens (including phenoxy) is 1. The fourth-order valence-electron chi connectivity index (χ4n) is 4.11. The number of carbonyl (C=O) groups excluding carboxylic acids is 3. The first-order valence-corrected chi connectivity index (χ1v) is 11.8. The van der Waals surface area contributed by atoms with Crippen LogP contribution in [0.2, 0.25) is 0 Å². The SMILES string of the molecule is CCC(=O)Oc1c(NC(=O)CC2CCN(C(=O)CCc3cccc(F)c3)CC2)cccc1C(F)(F)F. The number of benzene rings is 2. The van der Waals surface area contributed by atoms with Crippen molar-refractivity contribution in [1.82, 2.24) is 4.90 Å². The first kappa shape index (κ1) is 27.2. The van der Waals surface area contributed by atoms with Crippen LogP contribution in [0.4, 0.5) is 23.2 Å². The van der Waals surface area contributed by atoms with Crippen molar-refractivity contribution in [2.24, 2.45) is 5.92 Å². The van der Waals surface area contributed by atoms with Crippen LogP contribution in [0.25, 0.3) is 0 Å². The molecular weight excluding hydrogens is 480 g/mol. The van der Waals surface area contributed by atoms with Gasteiger partial charge in [-0.25, -0.2) is 4.39 Å². The van der Waals surface area contributed by atoms with Crippen molar-refractivity contribution in [2.75, 3.05) is 18.4 Å². The third kappa shape index (κ3) is 7.53. The van der Waals surface area contributed by atoms with Crippen LogP contribution in [0.3, 0.4) is 0 Å². The summed E-state index contributed by atoms with van der Waals surface area (Å²) in [6.07, 6.45) is -3.01. The minimum atomic E-state index is -4.77. The molecule has 10 heteroatoms. The van der Waals surface area contributed by atoms with Crippen LogP contribution >= 0.6 is 0 Å². The standard InChI is InChI=1S/C26H28F4N2O4/c1-2-24(35)36-25-20(26(28,29)30)7-4-8-21(25)31-22(33)16-18-11-13-32(14-12-18)23(34)10-9-17-5-3-6-19(27)15-17/h3-8,15,18H,2,9-14,16H2,1H3,(H,31,33). The zero-order valence-electron chi connectivity index (χ0n) is 19.9. The molecule has 1 aliphatic heterocycles. The van der Waals surface area contributed by atoms with E-state index >= 15 is 0 Å². The van der Waals surface area contributed by atoms with Crippen LogP contribution < -0.4 is 10.1 Å². The van der Waals surface area contributed by atoms with Crippen molar-refractivity contribution in [3.8, 4) is 5.75 Å². The Hall–Kier alpha value is -3.43. The molecule has 2 aromatic carbocycles. The van der Waals surface area contributed by atoms with Crippen LogP contribution in [0.1, 0.15) is 50.2 Å². The van der Waals surface area contributed by atoms with E-state index in [0.29, 0.717) is 32.4 Å². The topological polar surface area (TPSA) is 75.7 Å². The van der Waals surface area contributed by atoms with Crippen molar-refractivity contribution >= 4 is 23.5 Å². The summed E-state index contributed by atoms with van der Waals surface area (Å²) in [6, 6.07) is 9.28. The summed E-state index contributed by atoms with van der Waals surface area (Å²) >= 11 is 0. The van der Waals surface area contributed by atoms with Crippen molar-refractivity contribution in [1.29, 1.82) is 0 Å². The van der Waals surface area contributed by atoms with Gasteiger partial charge in [0.2, 0.25) is 11.8 Å². The highest BCUT2D eigenvalue weighted by Crippen LogP contribution is 2.41. The lowest BCUT2D eigenvalue weighted by Crippen LogP contribution is -2.39. The molecule has 6 nitrogen and oxygen atoms in total. The molecule has 0 atom stereocenters. The van der Waals surface area contributed by atoms with Crippen molar-refractivity contribution < 1.29 is 36.7 Å². The molecule has 0 unspecified atom stereocenters. The van der Waals surface area contributed by atoms with Crippen LogP contribution in [0.15, 0.2) is 42.5 Å². The smallest absolute Gasteiger partial charge is 0.420 e. The average molecular weight is 509 g/mol. The minimum Gasteiger partial charge on any atom is -0.424 e. The number of alkyl halides is 3. The number of halogens is 4. The number of likely N-dealkylation sites (tertiary alicyclic amines) is 1. The van der Waals surface area contributed by atoms with Gasteiger partial charge >= 0.3 is 12.1 Å². The summed E-state index contributed by atoms with van der Waals surface area (Å²) in [4.78, 5) is 38.5. The average Bonchev–Trinajstić information content (AvgIpc) is 2.83. The Labute approximate surface area is 206 Å². The van der Waals surface area contributed by atoms with E-state index in [2.05, 4.69) is 5.32 Å². The van der Waals surface area contributed by atoms with E-state index in [4.69, 9.17) is 4.74 Å². The second kappa shape index (κ2) is 12.0. The number of nitrogens with one attached hydrogen (secondary N) is 1. The zero-order chi connectivity index (χ0) is 26.3. The summed E-state index contributed by atoms with van der Waals surface area (Å²) < 4.78 is 58.4. The third-order valence-corrected chi connectivity index (χ3v) is 6.06. The second-order valence-corrected chi connectivity index (χ2v) is 8.71. The van der Waals surface area contributed by atoms with Crippen LogP contribution in [0.5, 0.6) is 5.75 Å². The Morgan fingerprint density at radius 1 is 1.08 bits per heavy atom. The summed E-state index contributed by atoms with van der Waals surface area (Å²) in [5.74, 6) is -2.52. The maximum absolute atomic E-state index is 13.4.